The van der Waals surface area contributed by atoms with Crippen molar-refractivity contribution in [1.29, 1.82) is 0 Å². The Hall–Kier alpha value is -1.97. The molecule has 0 spiro atoms. The summed E-state index contributed by atoms with van der Waals surface area (Å²) in [5.74, 6) is 0. The Morgan fingerprint density at radius 2 is 1.64 bits per heavy atom. The second-order valence-corrected chi connectivity index (χ2v) is 7.13. The number of epoxide rings is 1. The third-order valence-corrected chi connectivity index (χ3v) is 5.56. The molecule has 0 aliphatic carbocycles. The number of ether oxygens (including phenoxy) is 1. The Morgan fingerprint density at radius 3 is 2.45 bits per heavy atom. The van der Waals surface area contributed by atoms with Gasteiger partial charge in [-0.2, -0.15) is 0 Å². The largest absolute Gasteiger partial charge is 0.350 e. The van der Waals surface area contributed by atoms with Crippen LogP contribution in [0.1, 0.15) is 17.2 Å². The maximum atomic E-state index is 12.6. The highest BCUT2D eigenvalue weighted by Crippen LogP contribution is 2.45. The monoisotopic (exact) mass is 308 g/mol. The van der Waals surface area contributed by atoms with E-state index in [-0.39, 0.29) is 11.5 Å². The average molecular weight is 308 g/mol. The highest BCUT2D eigenvalue weighted by atomic mass is 32.2. The van der Waals surface area contributed by atoms with Crippen molar-refractivity contribution in [3.63, 3.8) is 0 Å². The first-order chi connectivity index (χ1) is 10.7. The summed E-state index contributed by atoms with van der Waals surface area (Å²) in [6, 6.07) is 22.3. The van der Waals surface area contributed by atoms with E-state index < -0.39 is 10.8 Å². The van der Waals surface area contributed by atoms with Crippen molar-refractivity contribution < 1.29 is 8.95 Å². The van der Waals surface area contributed by atoms with Crippen molar-refractivity contribution in [2.75, 3.05) is 0 Å². The van der Waals surface area contributed by atoms with Crippen LogP contribution in [-0.4, -0.2) is 9.64 Å². The summed E-state index contributed by atoms with van der Waals surface area (Å²) in [6.45, 7) is 2.03. The van der Waals surface area contributed by atoms with E-state index in [1.165, 1.54) is 16.3 Å². The summed E-state index contributed by atoms with van der Waals surface area (Å²) in [5, 5.41) is 2.37. The SMILES string of the molecule is Cc1ccc(S(=O)[C@@H]2O[C@@H]2c2cccc3ccccc23)cc1. The van der Waals surface area contributed by atoms with Crippen LogP contribution in [0, 0.1) is 6.92 Å². The quantitative estimate of drug-likeness (QED) is 0.673. The molecule has 22 heavy (non-hydrogen) atoms. The van der Waals surface area contributed by atoms with Gasteiger partial charge in [0, 0.05) is 4.90 Å². The molecule has 3 aromatic rings. The highest BCUT2D eigenvalue weighted by Gasteiger charge is 2.46. The topological polar surface area (TPSA) is 29.6 Å². The lowest BCUT2D eigenvalue weighted by Crippen LogP contribution is -2.01. The Kier molecular flexibility index (Phi) is 3.32. The number of hydrogen-bond acceptors (Lipinski definition) is 2. The van der Waals surface area contributed by atoms with Gasteiger partial charge in [-0.3, -0.25) is 4.21 Å². The normalized spacial score (nSPS) is 21.7. The van der Waals surface area contributed by atoms with Crippen LogP contribution in [0.5, 0.6) is 0 Å². The smallest absolute Gasteiger partial charge is 0.168 e. The fraction of sp³-hybridized carbons (Fsp3) is 0.158. The van der Waals surface area contributed by atoms with E-state index in [1.54, 1.807) is 0 Å². The van der Waals surface area contributed by atoms with Crippen molar-refractivity contribution in [2.24, 2.45) is 0 Å². The molecule has 2 nitrogen and oxygen atoms in total. The van der Waals surface area contributed by atoms with Gasteiger partial charge in [0.05, 0.1) is 10.8 Å². The molecule has 1 fully saturated rings. The van der Waals surface area contributed by atoms with E-state index in [4.69, 9.17) is 4.74 Å². The molecule has 110 valence electrons. The van der Waals surface area contributed by atoms with Crippen LogP contribution >= 0.6 is 0 Å². The first kappa shape index (κ1) is 13.7. The van der Waals surface area contributed by atoms with E-state index in [2.05, 4.69) is 24.3 Å². The van der Waals surface area contributed by atoms with Gasteiger partial charge >= 0.3 is 0 Å². The lowest BCUT2D eigenvalue weighted by atomic mass is 10.0. The standard InChI is InChI=1S/C19H16O2S/c1-13-9-11-15(12-10-13)22(20)19-18(21-19)17-8-4-6-14-5-2-3-7-16(14)17/h2-12,18-19H,1H3/t18-,19+,22?/m1/s1. The molecule has 3 atom stereocenters. The predicted molar refractivity (Wildman–Crippen MR) is 89.1 cm³/mol. The highest BCUT2D eigenvalue weighted by molar-refractivity contribution is 7.85. The van der Waals surface area contributed by atoms with Crippen molar-refractivity contribution in [2.45, 2.75) is 23.4 Å². The van der Waals surface area contributed by atoms with Gasteiger partial charge in [0.25, 0.3) is 0 Å². The summed E-state index contributed by atoms with van der Waals surface area (Å²) in [6.07, 6.45) is -0.0757. The molecule has 0 saturated carbocycles. The van der Waals surface area contributed by atoms with Crippen LogP contribution in [-0.2, 0) is 15.5 Å². The molecule has 0 N–H and O–H groups in total. The number of aryl methyl sites for hydroxylation is 1. The van der Waals surface area contributed by atoms with Crippen molar-refractivity contribution >= 4 is 21.6 Å². The molecule has 0 bridgehead atoms. The maximum absolute atomic E-state index is 12.6. The molecule has 1 aliphatic heterocycles. The Morgan fingerprint density at radius 1 is 0.909 bits per heavy atom. The van der Waals surface area contributed by atoms with Gasteiger partial charge in [-0.15, -0.1) is 0 Å². The number of hydrogen-bond donors (Lipinski definition) is 0. The zero-order valence-electron chi connectivity index (χ0n) is 12.2. The molecule has 4 rings (SSSR count). The Labute approximate surface area is 132 Å². The van der Waals surface area contributed by atoms with E-state index in [0.717, 1.165) is 10.5 Å². The minimum absolute atomic E-state index is 0.0757. The van der Waals surface area contributed by atoms with E-state index in [1.807, 2.05) is 49.4 Å². The molecule has 1 saturated heterocycles. The fourth-order valence-electron chi connectivity index (χ4n) is 2.79. The fourth-order valence-corrected chi connectivity index (χ4v) is 4.05. The number of benzene rings is 3. The van der Waals surface area contributed by atoms with Crippen molar-refractivity contribution in [1.82, 2.24) is 0 Å². The lowest BCUT2D eigenvalue weighted by Gasteiger charge is -2.04. The van der Waals surface area contributed by atoms with Crippen molar-refractivity contribution in [3.05, 3.63) is 77.9 Å². The van der Waals surface area contributed by atoms with E-state index in [0.29, 0.717) is 0 Å². The van der Waals surface area contributed by atoms with E-state index in [9.17, 15) is 4.21 Å². The molecule has 0 aromatic heterocycles. The minimum Gasteiger partial charge on any atom is -0.350 e. The minimum atomic E-state index is -1.13. The maximum Gasteiger partial charge on any atom is 0.168 e. The third-order valence-electron chi connectivity index (χ3n) is 4.05. The Balaban J connectivity index is 1.63. The molecule has 1 aliphatic rings. The van der Waals surface area contributed by atoms with Gasteiger partial charge in [-0.05, 0) is 35.4 Å². The molecule has 0 radical (unpaired) electrons. The zero-order chi connectivity index (χ0) is 15.1. The molecular formula is C19H16O2S. The molecule has 1 heterocycles. The third kappa shape index (κ3) is 2.36. The molecular weight excluding hydrogens is 292 g/mol. The number of fused-ring (bicyclic) bond motifs is 1. The van der Waals surface area contributed by atoms with Crippen molar-refractivity contribution in [3.8, 4) is 0 Å². The summed E-state index contributed by atoms with van der Waals surface area (Å²) < 4.78 is 18.4. The summed E-state index contributed by atoms with van der Waals surface area (Å²) in [4.78, 5) is 0.832. The van der Waals surface area contributed by atoms with Gasteiger partial charge < -0.3 is 4.74 Å². The second kappa shape index (κ2) is 5.34. The van der Waals surface area contributed by atoms with Crippen LogP contribution in [0.4, 0.5) is 0 Å². The second-order valence-electron chi connectivity index (χ2n) is 5.60. The molecule has 0 amide bonds. The number of rotatable bonds is 3. The van der Waals surface area contributed by atoms with Gasteiger partial charge in [0.1, 0.15) is 6.10 Å². The summed E-state index contributed by atoms with van der Waals surface area (Å²) >= 11 is 0. The predicted octanol–water partition coefficient (Wildman–Crippen LogP) is 4.35. The molecule has 3 aromatic carbocycles. The van der Waals surface area contributed by atoms with Gasteiger partial charge in [-0.1, -0.05) is 60.2 Å². The van der Waals surface area contributed by atoms with Crippen LogP contribution < -0.4 is 0 Å². The molecule has 3 heteroatoms. The van der Waals surface area contributed by atoms with E-state index >= 15 is 0 Å². The van der Waals surface area contributed by atoms with Crippen LogP contribution in [0.2, 0.25) is 0 Å². The Bertz CT molecular complexity index is 849. The van der Waals surface area contributed by atoms with Gasteiger partial charge in [-0.25, -0.2) is 0 Å². The van der Waals surface area contributed by atoms with Gasteiger partial charge in [0.15, 0.2) is 5.44 Å². The summed E-state index contributed by atoms with van der Waals surface area (Å²) in [5.41, 5.74) is 2.06. The first-order valence-electron chi connectivity index (χ1n) is 7.34. The lowest BCUT2D eigenvalue weighted by molar-refractivity contribution is 0.404. The van der Waals surface area contributed by atoms with Crippen LogP contribution in [0.25, 0.3) is 10.8 Å². The average Bonchev–Trinajstić information content (AvgIpc) is 3.35. The zero-order valence-corrected chi connectivity index (χ0v) is 13.0. The van der Waals surface area contributed by atoms with Gasteiger partial charge in [0.2, 0.25) is 0 Å². The van der Waals surface area contributed by atoms with Crippen LogP contribution in [0.15, 0.2) is 71.6 Å². The first-order valence-corrected chi connectivity index (χ1v) is 8.56. The van der Waals surface area contributed by atoms with Crippen LogP contribution in [0.3, 0.4) is 0 Å². The summed E-state index contributed by atoms with van der Waals surface area (Å²) in [7, 11) is -1.13. The molecule has 1 unspecified atom stereocenters.